The maximum Gasteiger partial charge on any atom is 0.240 e. The summed E-state index contributed by atoms with van der Waals surface area (Å²) in [5, 5.41) is 31.7. The van der Waals surface area contributed by atoms with Crippen molar-refractivity contribution in [3.63, 3.8) is 0 Å². The average molecular weight is 352 g/mol. The average Bonchev–Trinajstić information content (AvgIpc) is 2.59. The topological polar surface area (TPSA) is 107 Å². The van der Waals surface area contributed by atoms with E-state index < -0.39 is 0 Å². The highest BCUT2D eigenvalue weighted by Gasteiger charge is 2.21. The van der Waals surface area contributed by atoms with Crippen LogP contribution in [0.25, 0.3) is 0 Å². The van der Waals surface area contributed by atoms with Gasteiger partial charge in [0.25, 0.3) is 0 Å². The molecule has 134 valence electrons. The van der Waals surface area contributed by atoms with E-state index in [0.29, 0.717) is 17.7 Å². The molecule has 3 N–H and O–H groups in total. The van der Waals surface area contributed by atoms with E-state index in [1.165, 1.54) is 6.07 Å². The monoisotopic (exact) mass is 352 g/mol. The fraction of sp³-hybridized carbons (Fsp3) is 0.263. The normalized spacial score (nSPS) is 18.5. The van der Waals surface area contributed by atoms with Crippen molar-refractivity contribution in [1.29, 1.82) is 0 Å². The van der Waals surface area contributed by atoms with Crippen LogP contribution < -0.4 is 5.43 Å². The lowest BCUT2D eigenvalue weighted by Crippen LogP contribution is -2.31. The van der Waals surface area contributed by atoms with Crippen molar-refractivity contribution in [3.8, 4) is 11.5 Å². The van der Waals surface area contributed by atoms with Gasteiger partial charge in [-0.05, 0) is 42.3 Å². The van der Waals surface area contributed by atoms with Gasteiger partial charge in [0.05, 0.1) is 17.4 Å². The molecule has 0 aliphatic carbocycles. The zero-order chi connectivity index (χ0) is 18.7. The van der Waals surface area contributed by atoms with Crippen molar-refractivity contribution >= 4 is 17.3 Å². The molecule has 2 atom stereocenters. The Labute approximate surface area is 151 Å². The van der Waals surface area contributed by atoms with Crippen LogP contribution in [0.1, 0.15) is 37.4 Å². The van der Waals surface area contributed by atoms with Gasteiger partial charge in [0, 0.05) is 18.4 Å². The molecule has 3 rings (SSSR count). The number of hydrogen-bond acceptors (Lipinski definition) is 6. The zero-order valence-electron chi connectivity index (χ0n) is 14.5. The van der Waals surface area contributed by atoms with Crippen molar-refractivity contribution in [2.24, 2.45) is 21.2 Å². The number of amides is 1. The summed E-state index contributed by atoms with van der Waals surface area (Å²) in [6.07, 6.45) is 0.425. The molecule has 0 radical (unpaired) electrons. The van der Waals surface area contributed by atoms with Crippen molar-refractivity contribution in [1.82, 2.24) is 5.43 Å². The van der Waals surface area contributed by atoms with Gasteiger partial charge in [-0.3, -0.25) is 4.79 Å². The van der Waals surface area contributed by atoms with Gasteiger partial charge in [-0.2, -0.15) is 15.3 Å². The fourth-order valence-electron chi connectivity index (χ4n) is 2.78. The molecule has 26 heavy (non-hydrogen) atoms. The summed E-state index contributed by atoms with van der Waals surface area (Å²) in [6, 6.07) is 11.5. The van der Waals surface area contributed by atoms with Crippen LogP contribution in [-0.4, -0.2) is 21.8 Å². The van der Waals surface area contributed by atoms with E-state index in [0.717, 1.165) is 11.3 Å². The van der Waals surface area contributed by atoms with Gasteiger partial charge >= 0.3 is 0 Å². The third-order valence-electron chi connectivity index (χ3n) is 4.18. The first-order valence-electron chi connectivity index (χ1n) is 8.33. The van der Waals surface area contributed by atoms with E-state index >= 15 is 0 Å². The van der Waals surface area contributed by atoms with Crippen molar-refractivity contribution in [2.75, 3.05) is 0 Å². The molecule has 0 bridgehead atoms. The molecule has 1 amide bonds. The van der Waals surface area contributed by atoms with Crippen LogP contribution in [0.5, 0.6) is 11.5 Å². The number of nitrogens with zero attached hydrogens (tertiary/aromatic N) is 3. The Morgan fingerprint density at radius 3 is 2.42 bits per heavy atom. The minimum absolute atomic E-state index is 0.0131. The number of phenolic OH excluding ortho intramolecular Hbond substituents is 2. The third kappa shape index (κ3) is 4.05. The van der Waals surface area contributed by atoms with E-state index in [-0.39, 0.29) is 29.4 Å². The predicted molar refractivity (Wildman–Crippen MR) is 97.6 cm³/mol. The Balaban J connectivity index is 1.73. The van der Waals surface area contributed by atoms with Gasteiger partial charge < -0.3 is 10.2 Å². The first-order valence-corrected chi connectivity index (χ1v) is 8.33. The minimum atomic E-state index is -0.314. The summed E-state index contributed by atoms with van der Waals surface area (Å²) in [6.45, 7) is 3.80. The number of hydrogen-bond donors (Lipinski definition) is 3. The second-order valence-electron chi connectivity index (χ2n) is 6.36. The molecule has 0 aromatic heterocycles. The second kappa shape index (κ2) is 7.35. The number of azo groups is 1. The quantitative estimate of drug-likeness (QED) is 0.728. The van der Waals surface area contributed by atoms with Gasteiger partial charge in [0.1, 0.15) is 11.5 Å². The highest BCUT2D eigenvalue weighted by Crippen LogP contribution is 2.28. The van der Waals surface area contributed by atoms with Crippen molar-refractivity contribution in [2.45, 2.75) is 26.3 Å². The molecule has 2 unspecified atom stereocenters. The van der Waals surface area contributed by atoms with E-state index in [1.54, 1.807) is 12.1 Å². The van der Waals surface area contributed by atoms with Crippen LogP contribution in [0.4, 0.5) is 5.69 Å². The molecule has 0 saturated carbocycles. The number of phenols is 2. The van der Waals surface area contributed by atoms with Crippen LogP contribution in [0.15, 0.2) is 57.8 Å². The number of nitrogens with one attached hydrogen (secondary N) is 1. The third-order valence-corrected chi connectivity index (χ3v) is 4.18. The fourth-order valence-corrected chi connectivity index (χ4v) is 2.78. The highest BCUT2D eigenvalue weighted by molar-refractivity contribution is 6.05. The molecule has 1 aliphatic rings. The largest absolute Gasteiger partial charge is 0.508 e. The Kier molecular flexibility index (Phi) is 4.97. The molecule has 0 saturated heterocycles. The Bertz CT molecular complexity index is 855. The number of carbonyl (C=O) groups is 1. The first-order chi connectivity index (χ1) is 12.4. The molecule has 7 heteroatoms. The summed E-state index contributed by atoms with van der Waals surface area (Å²) < 4.78 is 0. The molecule has 2 aromatic carbocycles. The molecule has 1 heterocycles. The van der Waals surface area contributed by atoms with Crippen LogP contribution in [0.3, 0.4) is 0 Å². The SMILES string of the molecule is CC1CC(=O)NN=C1c1ccc(N=NC(C)c2cc(O)cc(O)c2)cc1. The minimum Gasteiger partial charge on any atom is -0.508 e. The lowest BCUT2D eigenvalue weighted by atomic mass is 9.94. The maximum atomic E-state index is 11.3. The number of benzene rings is 2. The van der Waals surface area contributed by atoms with Crippen LogP contribution in [0, 0.1) is 5.92 Å². The summed E-state index contributed by atoms with van der Waals surface area (Å²) in [5.41, 5.74) is 5.64. The predicted octanol–water partition coefficient (Wildman–Crippen LogP) is 3.80. The van der Waals surface area contributed by atoms with Crippen LogP contribution in [-0.2, 0) is 4.79 Å². The van der Waals surface area contributed by atoms with E-state index in [2.05, 4.69) is 20.8 Å². The molecular weight excluding hydrogens is 332 g/mol. The Morgan fingerprint density at radius 1 is 1.15 bits per heavy atom. The smallest absolute Gasteiger partial charge is 0.240 e. The molecule has 7 nitrogen and oxygen atoms in total. The first kappa shape index (κ1) is 17.6. The summed E-state index contributed by atoms with van der Waals surface area (Å²) >= 11 is 0. The zero-order valence-corrected chi connectivity index (χ0v) is 14.5. The van der Waals surface area contributed by atoms with E-state index in [9.17, 15) is 15.0 Å². The van der Waals surface area contributed by atoms with Crippen molar-refractivity contribution in [3.05, 3.63) is 53.6 Å². The molecule has 0 fully saturated rings. The van der Waals surface area contributed by atoms with E-state index in [1.807, 2.05) is 38.1 Å². The van der Waals surface area contributed by atoms with Gasteiger partial charge in [-0.1, -0.05) is 19.1 Å². The number of carbonyl (C=O) groups excluding carboxylic acids is 1. The number of rotatable bonds is 4. The van der Waals surface area contributed by atoms with Gasteiger partial charge in [-0.25, -0.2) is 5.43 Å². The van der Waals surface area contributed by atoms with Gasteiger partial charge in [0.2, 0.25) is 5.91 Å². The lowest BCUT2D eigenvalue weighted by molar-refractivity contribution is -0.121. The standard InChI is InChI=1S/C19H20N4O3/c1-11-7-18(26)22-23-19(11)13-3-5-15(6-4-13)21-20-12(2)14-8-16(24)10-17(25)9-14/h3-6,8-12,24-25H,7H2,1-2H3,(H,22,26). The van der Waals surface area contributed by atoms with Crippen LogP contribution in [0.2, 0.25) is 0 Å². The van der Waals surface area contributed by atoms with Crippen molar-refractivity contribution < 1.29 is 15.0 Å². The molecule has 0 spiro atoms. The number of aromatic hydroxyl groups is 2. The lowest BCUT2D eigenvalue weighted by Gasteiger charge is -2.19. The van der Waals surface area contributed by atoms with Gasteiger partial charge in [-0.15, -0.1) is 0 Å². The second-order valence-corrected chi connectivity index (χ2v) is 6.36. The Hall–Kier alpha value is -3.22. The Morgan fingerprint density at radius 2 is 1.81 bits per heavy atom. The number of hydrazone groups is 1. The molecule has 2 aromatic rings. The van der Waals surface area contributed by atoms with Gasteiger partial charge in [0.15, 0.2) is 0 Å². The van der Waals surface area contributed by atoms with E-state index in [4.69, 9.17) is 0 Å². The summed E-state index contributed by atoms with van der Waals surface area (Å²) in [7, 11) is 0. The summed E-state index contributed by atoms with van der Waals surface area (Å²) in [5.74, 6) is -0.0323. The van der Waals surface area contributed by atoms with Crippen LogP contribution >= 0.6 is 0 Å². The summed E-state index contributed by atoms with van der Waals surface area (Å²) in [4.78, 5) is 11.3. The maximum absolute atomic E-state index is 11.3. The molecule has 1 aliphatic heterocycles. The molecular formula is C19H20N4O3. The highest BCUT2D eigenvalue weighted by atomic mass is 16.3.